The van der Waals surface area contributed by atoms with E-state index in [0.717, 1.165) is 0 Å². The fourth-order valence-electron chi connectivity index (χ4n) is 2.73. The van der Waals surface area contributed by atoms with Crippen LogP contribution in [0.1, 0.15) is 41.5 Å². The summed E-state index contributed by atoms with van der Waals surface area (Å²) in [4.78, 5) is 12.7. The Morgan fingerprint density at radius 2 is 1.45 bits per heavy atom. The van der Waals surface area contributed by atoms with E-state index in [9.17, 15) is 9.90 Å². The van der Waals surface area contributed by atoms with Crippen molar-refractivity contribution in [3.05, 3.63) is 12.7 Å². The number of aliphatic hydroxyl groups is 1. The highest BCUT2D eigenvalue weighted by Gasteiger charge is 2.55. The van der Waals surface area contributed by atoms with Crippen molar-refractivity contribution < 1.29 is 33.0 Å². The number of hydrogen-bond donors (Lipinski definition) is 1. The van der Waals surface area contributed by atoms with Crippen molar-refractivity contribution in [2.75, 3.05) is 13.7 Å². The molecule has 0 spiro atoms. The maximum Gasteiger partial charge on any atom is 0.337 e. The van der Waals surface area contributed by atoms with E-state index in [1.54, 1.807) is 6.08 Å². The summed E-state index contributed by atoms with van der Waals surface area (Å²) in [5, 5.41) is 11.0. The maximum absolute atomic E-state index is 12.7. The SMILES string of the molecule is C=CCO[C@@H]1O[C@H](C(=O)OC)[C@@H](O[Si](C)(C)C(C)(C)C)[C@H](O[Si](C)(C)C(C)(C)C)[C@H]1O. The summed E-state index contributed by atoms with van der Waals surface area (Å²) in [6, 6.07) is 0. The topological polar surface area (TPSA) is 83.5 Å². The van der Waals surface area contributed by atoms with Crippen LogP contribution < -0.4 is 0 Å². The molecular weight excluding hydrogens is 432 g/mol. The van der Waals surface area contributed by atoms with Crippen LogP contribution in [-0.2, 0) is 27.9 Å². The van der Waals surface area contributed by atoms with Crippen LogP contribution in [0.3, 0.4) is 0 Å². The van der Waals surface area contributed by atoms with Gasteiger partial charge in [-0.25, -0.2) is 4.79 Å². The molecule has 0 saturated carbocycles. The molecule has 1 heterocycles. The zero-order chi connectivity index (χ0) is 24.4. The zero-order valence-electron chi connectivity index (χ0n) is 21.3. The lowest BCUT2D eigenvalue weighted by Crippen LogP contribution is -2.67. The van der Waals surface area contributed by atoms with Gasteiger partial charge in [0.15, 0.2) is 29.0 Å². The van der Waals surface area contributed by atoms with Crippen molar-refractivity contribution in [3.8, 4) is 0 Å². The molecule has 1 rings (SSSR count). The summed E-state index contributed by atoms with van der Waals surface area (Å²) < 4.78 is 29.9. The molecule has 0 aliphatic carbocycles. The maximum atomic E-state index is 12.7. The third-order valence-electron chi connectivity index (χ3n) is 6.80. The zero-order valence-corrected chi connectivity index (χ0v) is 23.3. The van der Waals surface area contributed by atoms with Crippen molar-refractivity contribution in [1.29, 1.82) is 0 Å². The molecule has 0 bridgehead atoms. The van der Waals surface area contributed by atoms with Gasteiger partial charge in [0.2, 0.25) is 0 Å². The van der Waals surface area contributed by atoms with Crippen LogP contribution in [0, 0.1) is 0 Å². The number of methoxy groups -OCH3 is 1. The van der Waals surface area contributed by atoms with Crippen molar-refractivity contribution in [1.82, 2.24) is 0 Å². The highest BCUT2D eigenvalue weighted by molar-refractivity contribution is 6.74. The number of carbonyl (C=O) groups excluding carboxylic acids is 1. The fourth-order valence-corrected chi connectivity index (χ4v) is 5.33. The number of hydrogen-bond acceptors (Lipinski definition) is 7. The Kier molecular flexibility index (Phi) is 9.32. The molecule has 1 aliphatic heterocycles. The van der Waals surface area contributed by atoms with E-state index in [4.69, 9.17) is 23.1 Å². The first kappa shape index (κ1) is 28.5. The average molecular weight is 477 g/mol. The fraction of sp³-hybridized carbons (Fsp3) is 0.864. The normalized spacial score (nSPS) is 28.3. The predicted octanol–water partition coefficient (Wildman–Crippen LogP) is 4.23. The molecule has 1 saturated heterocycles. The van der Waals surface area contributed by atoms with Gasteiger partial charge in [-0.05, 0) is 36.3 Å². The van der Waals surface area contributed by atoms with Crippen LogP contribution in [-0.4, -0.2) is 72.1 Å². The average Bonchev–Trinajstić information content (AvgIpc) is 2.61. The van der Waals surface area contributed by atoms with Crippen LogP contribution in [0.15, 0.2) is 12.7 Å². The lowest BCUT2D eigenvalue weighted by atomic mass is 9.99. The molecule has 0 amide bonds. The molecule has 0 aromatic rings. The van der Waals surface area contributed by atoms with Gasteiger partial charge < -0.3 is 28.2 Å². The minimum absolute atomic E-state index is 0.106. The molecule has 0 unspecified atom stereocenters. The largest absolute Gasteiger partial charge is 0.467 e. The summed E-state index contributed by atoms with van der Waals surface area (Å²) in [6.45, 7) is 24.9. The monoisotopic (exact) mass is 476 g/mol. The number of aliphatic hydroxyl groups excluding tert-OH is 1. The van der Waals surface area contributed by atoms with Gasteiger partial charge in [-0.1, -0.05) is 47.6 Å². The van der Waals surface area contributed by atoms with Gasteiger partial charge in [-0.2, -0.15) is 0 Å². The number of rotatable bonds is 8. The first-order valence-electron chi connectivity index (χ1n) is 10.9. The predicted molar refractivity (Wildman–Crippen MR) is 127 cm³/mol. The second-order valence-corrected chi connectivity index (χ2v) is 20.8. The second-order valence-electron chi connectivity index (χ2n) is 11.2. The van der Waals surface area contributed by atoms with Crippen LogP contribution in [0.4, 0.5) is 0 Å². The van der Waals surface area contributed by atoms with Crippen LogP contribution in [0.2, 0.25) is 36.3 Å². The minimum Gasteiger partial charge on any atom is -0.467 e. The first-order chi connectivity index (χ1) is 13.9. The molecule has 0 aromatic heterocycles. The van der Waals surface area contributed by atoms with E-state index in [1.165, 1.54) is 7.11 Å². The Morgan fingerprint density at radius 3 is 1.84 bits per heavy atom. The molecular formula is C22H44O7Si2. The van der Waals surface area contributed by atoms with Gasteiger partial charge in [0.25, 0.3) is 0 Å². The molecule has 0 aromatic carbocycles. The third kappa shape index (κ3) is 6.72. The van der Waals surface area contributed by atoms with E-state index in [1.807, 2.05) is 0 Å². The Hall–Kier alpha value is -0.556. The molecule has 182 valence electrons. The van der Waals surface area contributed by atoms with E-state index in [2.05, 4.69) is 74.3 Å². The smallest absolute Gasteiger partial charge is 0.337 e. The molecule has 7 nitrogen and oxygen atoms in total. The highest BCUT2D eigenvalue weighted by Crippen LogP contribution is 2.43. The van der Waals surface area contributed by atoms with E-state index >= 15 is 0 Å². The van der Waals surface area contributed by atoms with Crippen molar-refractivity contribution >= 4 is 22.6 Å². The van der Waals surface area contributed by atoms with Gasteiger partial charge in [0.05, 0.1) is 13.7 Å². The van der Waals surface area contributed by atoms with Crippen molar-refractivity contribution in [2.45, 2.75) is 109 Å². The number of ether oxygens (including phenoxy) is 3. The van der Waals surface area contributed by atoms with Crippen LogP contribution in [0.5, 0.6) is 0 Å². The molecule has 1 N–H and O–H groups in total. The minimum atomic E-state index is -2.35. The number of esters is 1. The van der Waals surface area contributed by atoms with Crippen molar-refractivity contribution in [2.24, 2.45) is 0 Å². The molecule has 5 atom stereocenters. The third-order valence-corrected chi connectivity index (χ3v) is 15.8. The lowest BCUT2D eigenvalue weighted by molar-refractivity contribution is -0.287. The molecule has 1 aliphatic rings. The quantitative estimate of drug-likeness (QED) is 0.319. The van der Waals surface area contributed by atoms with Gasteiger partial charge in [0.1, 0.15) is 18.3 Å². The second kappa shape index (κ2) is 10.2. The summed E-state index contributed by atoms with van der Waals surface area (Å²) in [5.41, 5.74) is 0. The van der Waals surface area contributed by atoms with Crippen molar-refractivity contribution in [3.63, 3.8) is 0 Å². The Labute approximate surface area is 190 Å². The van der Waals surface area contributed by atoms with Gasteiger partial charge in [-0.15, -0.1) is 6.58 Å². The lowest BCUT2D eigenvalue weighted by Gasteiger charge is -2.50. The Balaban J connectivity index is 3.49. The van der Waals surface area contributed by atoms with Gasteiger partial charge in [-0.3, -0.25) is 0 Å². The first-order valence-corrected chi connectivity index (χ1v) is 16.7. The van der Waals surface area contributed by atoms with Gasteiger partial charge >= 0.3 is 5.97 Å². The summed E-state index contributed by atoms with van der Waals surface area (Å²) >= 11 is 0. The van der Waals surface area contributed by atoms with Crippen LogP contribution in [0.25, 0.3) is 0 Å². The summed E-state index contributed by atoms with van der Waals surface area (Å²) in [6.07, 6.45) is -3.33. The van der Waals surface area contributed by atoms with Crippen LogP contribution >= 0.6 is 0 Å². The summed E-state index contributed by atoms with van der Waals surface area (Å²) in [7, 11) is -3.38. The van der Waals surface area contributed by atoms with E-state index < -0.39 is 53.3 Å². The molecule has 0 radical (unpaired) electrons. The van der Waals surface area contributed by atoms with E-state index in [-0.39, 0.29) is 16.7 Å². The highest BCUT2D eigenvalue weighted by atomic mass is 28.4. The summed E-state index contributed by atoms with van der Waals surface area (Å²) in [5.74, 6) is -0.577. The molecule has 31 heavy (non-hydrogen) atoms. The Morgan fingerprint density at radius 1 is 1.00 bits per heavy atom. The number of carbonyl (C=O) groups is 1. The molecule has 1 fully saturated rings. The van der Waals surface area contributed by atoms with E-state index in [0.29, 0.717) is 0 Å². The van der Waals surface area contributed by atoms with Gasteiger partial charge in [0, 0.05) is 0 Å². The molecule has 9 heteroatoms. The Bertz CT molecular complexity index is 622. The standard InChI is InChI=1S/C22H44O7Si2/c1-13-14-26-20-15(23)16(28-30(9,10)21(2,3)4)17(18(27-20)19(24)25-8)29-31(11,12)22(5,6)7/h13,15-18,20,23H,1,14H2,2-12H3/t15-,16-,17+,18+,20-/m1/s1.